The van der Waals surface area contributed by atoms with E-state index in [9.17, 15) is 4.39 Å². The van der Waals surface area contributed by atoms with Gasteiger partial charge in [-0.25, -0.2) is 4.39 Å². The summed E-state index contributed by atoms with van der Waals surface area (Å²) in [6, 6.07) is 7.25. The van der Waals surface area contributed by atoms with Crippen molar-refractivity contribution in [2.45, 2.75) is 12.5 Å². The molecule has 1 saturated carbocycles. The number of fused-ring (bicyclic) bond motifs is 1. The number of piperidine rings is 1. The van der Waals surface area contributed by atoms with E-state index in [4.69, 9.17) is 5.73 Å². The Morgan fingerprint density at radius 2 is 2.33 bits per heavy atom. The van der Waals surface area contributed by atoms with Crippen LogP contribution >= 0.6 is 0 Å². The lowest BCUT2D eigenvalue weighted by atomic mass is 10.1. The largest absolute Gasteiger partial charge is 0.367 e. The second-order valence-corrected chi connectivity index (χ2v) is 4.59. The van der Waals surface area contributed by atoms with E-state index < -0.39 is 0 Å². The van der Waals surface area contributed by atoms with Crippen LogP contribution in [0.5, 0.6) is 0 Å². The third-order valence-electron chi connectivity index (χ3n) is 3.68. The van der Waals surface area contributed by atoms with Gasteiger partial charge in [-0.05, 0) is 36.5 Å². The number of hydrogen-bond donors (Lipinski definition) is 1. The first-order valence-corrected chi connectivity index (χ1v) is 5.52. The van der Waals surface area contributed by atoms with Crippen molar-refractivity contribution in [1.82, 2.24) is 0 Å². The summed E-state index contributed by atoms with van der Waals surface area (Å²) in [4.78, 5) is 2.27. The predicted octanol–water partition coefficient (Wildman–Crippen LogP) is 1.61. The molecule has 80 valence electrons. The number of anilines is 1. The van der Waals surface area contributed by atoms with Gasteiger partial charge in [0, 0.05) is 24.8 Å². The molecule has 3 atom stereocenters. The predicted molar refractivity (Wildman–Crippen MR) is 58.2 cm³/mol. The van der Waals surface area contributed by atoms with E-state index in [1.165, 1.54) is 12.5 Å². The second kappa shape index (κ2) is 3.20. The summed E-state index contributed by atoms with van der Waals surface area (Å²) in [5.41, 5.74) is 6.77. The van der Waals surface area contributed by atoms with Crippen molar-refractivity contribution in [3.05, 3.63) is 30.1 Å². The molecule has 1 aliphatic heterocycles. The smallest absolute Gasteiger partial charge is 0.125 e. The first-order chi connectivity index (χ1) is 7.29. The Labute approximate surface area is 88.9 Å². The molecule has 2 nitrogen and oxygen atoms in total. The highest BCUT2D eigenvalue weighted by atomic mass is 19.1. The van der Waals surface area contributed by atoms with Gasteiger partial charge in [0.15, 0.2) is 0 Å². The molecule has 2 aliphatic rings. The average Bonchev–Trinajstić information content (AvgIpc) is 2.90. The Hall–Kier alpha value is -1.09. The Kier molecular flexibility index (Phi) is 1.96. The minimum Gasteiger partial charge on any atom is -0.367 e. The summed E-state index contributed by atoms with van der Waals surface area (Å²) in [5.74, 6) is 1.41. The molecule has 3 unspecified atom stereocenters. The van der Waals surface area contributed by atoms with Gasteiger partial charge in [0.25, 0.3) is 0 Å². The van der Waals surface area contributed by atoms with Gasteiger partial charge in [-0.1, -0.05) is 6.07 Å². The van der Waals surface area contributed by atoms with E-state index in [1.807, 2.05) is 6.07 Å². The zero-order valence-corrected chi connectivity index (χ0v) is 8.57. The molecule has 1 heterocycles. The molecule has 3 rings (SSSR count). The van der Waals surface area contributed by atoms with Crippen molar-refractivity contribution in [2.24, 2.45) is 17.6 Å². The molecule has 2 N–H and O–H groups in total. The van der Waals surface area contributed by atoms with E-state index in [0.29, 0.717) is 12.6 Å². The molecule has 0 amide bonds. The molecule has 1 aliphatic carbocycles. The van der Waals surface area contributed by atoms with Gasteiger partial charge in [-0.2, -0.15) is 0 Å². The van der Waals surface area contributed by atoms with Crippen LogP contribution in [-0.2, 0) is 0 Å². The lowest BCUT2D eigenvalue weighted by molar-refractivity contribution is 0.598. The number of nitrogens with two attached hydrogens (primary N) is 1. The highest BCUT2D eigenvalue weighted by molar-refractivity contribution is 5.50. The number of nitrogens with zero attached hydrogens (tertiary/aromatic N) is 1. The maximum absolute atomic E-state index is 13.1. The number of hydrogen-bond acceptors (Lipinski definition) is 2. The number of halogens is 1. The molecule has 0 radical (unpaired) electrons. The van der Waals surface area contributed by atoms with Gasteiger partial charge in [0.1, 0.15) is 5.82 Å². The van der Waals surface area contributed by atoms with Crippen LogP contribution in [-0.4, -0.2) is 19.1 Å². The third-order valence-corrected chi connectivity index (χ3v) is 3.68. The molecule has 0 spiro atoms. The van der Waals surface area contributed by atoms with E-state index in [2.05, 4.69) is 4.90 Å². The number of benzene rings is 1. The van der Waals surface area contributed by atoms with Gasteiger partial charge >= 0.3 is 0 Å². The van der Waals surface area contributed by atoms with E-state index in [-0.39, 0.29) is 5.82 Å². The van der Waals surface area contributed by atoms with Crippen molar-refractivity contribution in [2.75, 3.05) is 18.0 Å². The van der Waals surface area contributed by atoms with Gasteiger partial charge in [-0.3, -0.25) is 0 Å². The van der Waals surface area contributed by atoms with Crippen LogP contribution in [0.15, 0.2) is 24.3 Å². The van der Waals surface area contributed by atoms with Crippen LogP contribution in [0.4, 0.5) is 10.1 Å². The first kappa shape index (κ1) is 9.16. The molecule has 3 heteroatoms. The molecule has 0 bridgehead atoms. The standard InChI is InChI=1S/C12H15FN2/c13-9-2-1-3-10(5-9)15-7-8-4-11(8)12(15)6-14/h1-3,5,8,11-12H,4,6-7,14H2. The van der Waals surface area contributed by atoms with Crippen molar-refractivity contribution in [1.29, 1.82) is 0 Å². The molecule has 2 fully saturated rings. The molecule has 1 aromatic rings. The summed E-state index contributed by atoms with van der Waals surface area (Å²) < 4.78 is 13.1. The second-order valence-electron chi connectivity index (χ2n) is 4.59. The monoisotopic (exact) mass is 206 g/mol. The van der Waals surface area contributed by atoms with Crippen LogP contribution in [0.3, 0.4) is 0 Å². The Morgan fingerprint density at radius 1 is 1.47 bits per heavy atom. The number of rotatable bonds is 2. The van der Waals surface area contributed by atoms with E-state index in [0.717, 1.165) is 24.1 Å². The van der Waals surface area contributed by atoms with Crippen LogP contribution in [0.25, 0.3) is 0 Å². The van der Waals surface area contributed by atoms with Crippen molar-refractivity contribution in [3.8, 4) is 0 Å². The van der Waals surface area contributed by atoms with Gasteiger partial charge in [0.05, 0.1) is 0 Å². The fraction of sp³-hybridized carbons (Fsp3) is 0.500. The summed E-state index contributed by atoms with van der Waals surface area (Å²) in [7, 11) is 0. The summed E-state index contributed by atoms with van der Waals surface area (Å²) in [6.07, 6.45) is 1.31. The highest BCUT2D eigenvalue weighted by Crippen LogP contribution is 2.50. The average molecular weight is 206 g/mol. The van der Waals surface area contributed by atoms with Crippen LogP contribution < -0.4 is 10.6 Å². The Balaban J connectivity index is 1.88. The molecular weight excluding hydrogens is 191 g/mol. The first-order valence-electron chi connectivity index (χ1n) is 5.52. The summed E-state index contributed by atoms with van der Waals surface area (Å²) in [6.45, 7) is 1.73. The zero-order valence-electron chi connectivity index (χ0n) is 8.57. The van der Waals surface area contributed by atoms with Gasteiger partial charge in [0.2, 0.25) is 0 Å². The molecule has 1 saturated heterocycles. The van der Waals surface area contributed by atoms with Crippen molar-refractivity contribution >= 4 is 5.69 Å². The summed E-state index contributed by atoms with van der Waals surface area (Å²) in [5, 5.41) is 0. The molecular formula is C12H15FN2. The molecule has 15 heavy (non-hydrogen) atoms. The van der Waals surface area contributed by atoms with E-state index in [1.54, 1.807) is 12.1 Å². The van der Waals surface area contributed by atoms with Gasteiger partial charge in [-0.15, -0.1) is 0 Å². The van der Waals surface area contributed by atoms with Crippen LogP contribution in [0, 0.1) is 17.7 Å². The van der Waals surface area contributed by atoms with Crippen molar-refractivity contribution < 1.29 is 4.39 Å². The normalized spacial score (nSPS) is 32.9. The SMILES string of the molecule is NCC1C2CC2CN1c1cccc(F)c1. The molecule has 0 aromatic heterocycles. The third kappa shape index (κ3) is 1.42. The lowest BCUT2D eigenvalue weighted by Crippen LogP contribution is -2.38. The maximum Gasteiger partial charge on any atom is 0.125 e. The molecule has 1 aromatic carbocycles. The zero-order chi connectivity index (χ0) is 10.4. The quantitative estimate of drug-likeness (QED) is 0.796. The van der Waals surface area contributed by atoms with E-state index >= 15 is 0 Å². The Bertz CT molecular complexity index is 380. The van der Waals surface area contributed by atoms with Crippen LogP contribution in [0.2, 0.25) is 0 Å². The lowest BCUT2D eigenvalue weighted by Gasteiger charge is -2.28. The minimum atomic E-state index is -0.163. The Morgan fingerprint density at radius 3 is 3.07 bits per heavy atom. The minimum absolute atomic E-state index is 0.163. The van der Waals surface area contributed by atoms with Crippen LogP contribution in [0.1, 0.15) is 6.42 Å². The maximum atomic E-state index is 13.1. The highest BCUT2D eigenvalue weighted by Gasteiger charge is 2.51. The fourth-order valence-electron chi connectivity index (χ4n) is 2.83. The summed E-state index contributed by atoms with van der Waals surface area (Å²) >= 11 is 0. The van der Waals surface area contributed by atoms with Gasteiger partial charge < -0.3 is 10.6 Å². The topological polar surface area (TPSA) is 29.3 Å². The van der Waals surface area contributed by atoms with Crippen molar-refractivity contribution in [3.63, 3.8) is 0 Å². The fourth-order valence-corrected chi connectivity index (χ4v) is 2.83.